The van der Waals surface area contributed by atoms with Crippen LogP contribution in [0.5, 0.6) is 0 Å². The Labute approximate surface area is 166 Å². The number of hydrogen-bond acceptors (Lipinski definition) is 8. The number of aliphatic hydroxyl groups excluding tert-OH is 1. The average molecular weight is 403 g/mol. The summed E-state index contributed by atoms with van der Waals surface area (Å²) in [6, 6.07) is 7.63. The van der Waals surface area contributed by atoms with Gasteiger partial charge >= 0.3 is 6.09 Å². The first-order valence-corrected chi connectivity index (χ1v) is 8.84. The van der Waals surface area contributed by atoms with Crippen molar-refractivity contribution in [3.8, 4) is 11.1 Å². The van der Waals surface area contributed by atoms with Crippen molar-refractivity contribution in [1.82, 2.24) is 10.1 Å². The fraction of sp³-hybridized carbons (Fsp3) is 0.278. The van der Waals surface area contributed by atoms with Gasteiger partial charge in [-0.3, -0.25) is 9.88 Å². The van der Waals surface area contributed by atoms with Crippen molar-refractivity contribution >= 4 is 17.6 Å². The second-order valence-electron chi connectivity index (χ2n) is 6.33. The van der Waals surface area contributed by atoms with Crippen molar-refractivity contribution in [2.75, 3.05) is 31.1 Å². The predicted molar refractivity (Wildman–Crippen MR) is 105 cm³/mol. The first-order chi connectivity index (χ1) is 13.9. The number of benzene rings is 1. The van der Waals surface area contributed by atoms with E-state index in [1.807, 2.05) is 0 Å². The van der Waals surface area contributed by atoms with Gasteiger partial charge in [-0.15, -0.1) is 5.10 Å². The summed E-state index contributed by atoms with van der Waals surface area (Å²) in [5, 5.41) is 14.2. The highest BCUT2D eigenvalue weighted by Gasteiger charge is 2.32. The van der Waals surface area contributed by atoms with E-state index >= 15 is 0 Å². The summed E-state index contributed by atoms with van der Waals surface area (Å²) >= 11 is 0. The molecule has 2 aromatic rings. The van der Waals surface area contributed by atoms with E-state index in [4.69, 9.17) is 27.2 Å². The SMILES string of the molecule is NCCN(N)/N=C(\N)c1ccc(-c2ccc(N3CC(CO)OC3=O)cc2F)cn1. The Morgan fingerprint density at radius 1 is 1.41 bits per heavy atom. The fourth-order valence-corrected chi connectivity index (χ4v) is 2.81. The average Bonchev–Trinajstić information content (AvgIpc) is 3.09. The molecule has 1 aliphatic heterocycles. The Balaban J connectivity index is 1.78. The smallest absolute Gasteiger partial charge is 0.414 e. The number of ether oxygens (including phenoxy) is 1. The third-order valence-electron chi connectivity index (χ3n) is 4.27. The van der Waals surface area contributed by atoms with Crippen LogP contribution in [-0.2, 0) is 4.74 Å². The predicted octanol–water partition coefficient (Wildman–Crippen LogP) is -0.0401. The van der Waals surface area contributed by atoms with Gasteiger partial charge in [0.2, 0.25) is 0 Å². The second-order valence-corrected chi connectivity index (χ2v) is 6.33. The number of hydrogen-bond donors (Lipinski definition) is 4. The summed E-state index contributed by atoms with van der Waals surface area (Å²) < 4.78 is 19.6. The first kappa shape index (κ1) is 20.5. The zero-order valence-corrected chi connectivity index (χ0v) is 15.5. The molecule has 1 fully saturated rings. The number of cyclic esters (lactones) is 1. The molecule has 1 atom stereocenters. The van der Waals surface area contributed by atoms with Crippen LogP contribution in [0.25, 0.3) is 11.1 Å². The molecule has 1 amide bonds. The number of nitrogens with two attached hydrogens (primary N) is 3. The Bertz CT molecular complexity index is 907. The second kappa shape index (κ2) is 8.82. The number of halogens is 1. The molecule has 11 heteroatoms. The van der Waals surface area contributed by atoms with Crippen LogP contribution >= 0.6 is 0 Å². The van der Waals surface area contributed by atoms with Crippen molar-refractivity contribution in [1.29, 1.82) is 0 Å². The molecule has 0 saturated carbocycles. The monoisotopic (exact) mass is 403 g/mol. The fourth-order valence-electron chi connectivity index (χ4n) is 2.81. The van der Waals surface area contributed by atoms with Gasteiger partial charge < -0.3 is 21.3 Å². The summed E-state index contributed by atoms with van der Waals surface area (Å²) in [4.78, 5) is 17.3. The number of amidine groups is 1. The van der Waals surface area contributed by atoms with Gasteiger partial charge in [-0.1, -0.05) is 6.07 Å². The third kappa shape index (κ3) is 4.59. The van der Waals surface area contributed by atoms with Crippen molar-refractivity contribution in [2.45, 2.75) is 6.10 Å². The molecule has 0 spiro atoms. The molecule has 1 aliphatic rings. The molecule has 2 heterocycles. The topological polar surface area (TPSA) is 156 Å². The molecule has 3 rings (SSSR count). The van der Waals surface area contributed by atoms with Crippen molar-refractivity contribution < 1.29 is 19.0 Å². The molecule has 0 radical (unpaired) electrons. The number of rotatable bonds is 7. The van der Waals surface area contributed by atoms with Crippen LogP contribution < -0.4 is 22.2 Å². The number of amides is 1. The molecule has 1 aromatic heterocycles. The molecular formula is C18H22FN7O3. The van der Waals surface area contributed by atoms with E-state index in [1.165, 1.54) is 17.2 Å². The number of carbonyl (C=O) groups excluding carboxylic acids is 1. The standard InChI is InChI=1S/C18H22FN7O3/c19-15-7-12(25-9-13(10-27)29-18(25)28)2-3-14(15)11-1-4-16(23-8-11)17(21)24-26(22)6-5-20/h1-4,7-8,13,27H,5-6,9-10,20,22H2,(H2,21,24). The minimum Gasteiger partial charge on any atom is -0.441 e. The van der Waals surface area contributed by atoms with Gasteiger partial charge in [0.1, 0.15) is 17.6 Å². The normalized spacial score (nSPS) is 16.8. The van der Waals surface area contributed by atoms with Gasteiger partial charge in [0, 0.05) is 23.9 Å². The maximum atomic E-state index is 14.7. The quantitative estimate of drug-likeness (QED) is 0.217. The van der Waals surface area contributed by atoms with Crippen LogP contribution in [-0.4, -0.2) is 59.5 Å². The lowest BCUT2D eigenvalue weighted by Gasteiger charge is -2.14. The maximum absolute atomic E-state index is 14.7. The van der Waals surface area contributed by atoms with Crippen LogP contribution in [0.4, 0.5) is 14.9 Å². The molecular weight excluding hydrogens is 381 g/mol. The molecule has 7 N–H and O–H groups in total. The van der Waals surface area contributed by atoms with Gasteiger partial charge in [0.05, 0.1) is 25.4 Å². The highest BCUT2D eigenvalue weighted by molar-refractivity contribution is 5.95. The van der Waals surface area contributed by atoms with E-state index in [0.29, 0.717) is 35.6 Å². The van der Waals surface area contributed by atoms with Crippen LogP contribution in [0.1, 0.15) is 5.69 Å². The van der Waals surface area contributed by atoms with Crippen molar-refractivity contribution in [3.63, 3.8) is 0 Å². The molecule has 0 aliphatic carbocycles. The van der Waals surface area contributed by atoms with E-state index in [2.05, 4.69) is 10.1 Å². The van der Waals surface area contributed by atoms with Gasteiger partial charge in [-0.2, -0.15) is 0 Å². The lowest BCUT2D eigenvalue weighted by atomic mass is 10.1. The number of carbonyl (C=O) groups is 1. The van der Waals surface area contributed by atoms with Crippen LogP contribution in [0, 0.1) is 5.82 Å². The van der Waals surface area contributed by atoms with E-state index in [-0.39, 0.29) is 19.0 Å². The zero-order valence-electron chi connectivity index (χ0n) is 15.5. The Hall–Kier alpha value is -3.28. The van der Waals surface area contributed by atoms with Gasteiger partial charge in [-0.05, 0) is 24.3 Å². The van der Waals surface area contributed by atoms with E-state index < -0.39 is 18.0 Å². The highest BCUT2D eigenvalue weighted by Crippen LogP contribution is 2.28. The summed E-state index contributed by atoms with van der Waals surface area (Å²) in [6.07, 6.45) is 0.217. The van der Waals surface area contributed by atoms with Crippen LogP contribution in [0.2, 0.25) is 0 Å². The Morgan fingerprint density at radius 3 is 2.79 bits per heavy atom. The van der Waals surface area contributed by atoms with Gasteiger partial charge in [-0.25, -0.2) is 20.1 Å². The third-order valence-corrected chi connectivity index (χ3v) is 4.27. The van der Waals surface area contributed by atoms with Crippen LogP contribution in [0.3, 0.4) is 0 Å². The Kier molecular flexibility index (Phi) is 6.22. The number of hydrazine groups is 1. The number of nitrogens with zero attached hydrogens (tertiary/aromatic N) is 4. The minimum atomic E-state index is -0.624. The van der Waals surface area contributed by atoms with Crippen molar-refractivity contribution in [3.05, 3.63) is 48.0 Å². The molecule has 10 nitrogen and oxygen atoms in total. The molecule has 1 saturated heterocycles. The van der Waals surface area contributed by atoms with Crippen LogP contribution in [0.15, 0.2) is 41.6 Å². The highest BCUT2D eigenvalue weighted by atomic mass is 19.1. The number of anilines is 1. The Morgan fingerprint density at radius 2 is 2.21 bits per heavy atom. The van der Waals surface area contributed by atoms with Crippen molar-refractivity contribution in [2.24, 2.45) is 22.4 Å². The van der Waals surface area contributed by atoms with Gasteiger partial charge in [0.15, 0.2) is 5.84 Å². The minimum absolute atomic E-state index is 0.106. The number of pyridine rings is 1. The summed E-state index contributed by atoms with van der Waals surface area (Å²) in [6.45, 7) is 0.525. The molecule has 29 heavy (non-hydrogen) atoms. The first-order valence-electron chi connectivity index (χ1n) is 8.84. The summed E-state index contributed by atoms with van der Waals surface area (Å²) in [5.41, 5.74) is 12.8. The maximum Gasteiger partial charge on any atom is 0.414 e. The molecule has 1 unspecified atom stereocenters. The summed E-state index contributed by atoms with van der Waals surface area (Å²) in [5.74, 6) is 5.19. The van der Waals surface area contributed by atoms with Gasteiger partial charge in [0.25, 0.3) is 0 Å². The lowest BCUT2D eigenvalue weighted by molar-refractivity contribution is 0.0963. The molecule has 0 bridgehead atoms. The van der Waals surface area contributed by atoms with E-state index in [0.717, 1.165) is 5.12 Å². The van der Waals surface area contributed by atoms with E-state index in [9.17, 15) is 9.18 Å². The summed E-state index contributed by atoms with van der Waals surface area (Å²) in [7, 11) is 0. The number of aromatic nitrogens is 1. The van der Waals surface area contributed by atoms with E-state index in [1.54, 1.807) is 24.3 Å². The number of aliphatic hydroxyl groups is 1. The largest absolute Gasteiger partial charge is 0.441 e. The lowest BCUT2D eigenvalue weighted by Crippen LogP contribution is -2.33. The molecule has 1 aromatic carbocycles. The molecule has 154 valence electrons. The number of hydrazone groups is 1. The zero-order chi connectivity index (χ0) is 21.0.